The minimum Gasteiger partial charge on any atom is -0.446 e. The molecule has 0 fully saturated rings. The third kappa shape index (κ3) is 8.15. The maximum absolute atomic E-state index is 13.1. The number of nitrogens with zero attached hydrogens (tertiary/aromatic N) is 4. The predicted octanol–water partition coefficient (Wildman–Crippen LogP) is 6.60. The van der Waals surface area contributed by atoms with Crippen molar-refractivity contribution < 1.29 is 14.3 Å². The van der Waals surface area contributed by atoms with E-state index in [1.807, 2.05) is 26.8 Å². The number of nitrogens with one attached hydrogen (secondary N) is 2. The molecule has 9 nitrogen and oxygen atoms in total. The van der Waals surface area contributed by atoms with Crippen LogP contribution in [0.1, 0.15) is 106 Å². The molecule has 0 aliphatic carbocycles. The molecule has 0 saturated carbocycles. The number of thiophene rings is 1. The van der Waals surface area contributed by atoms with Crippen molar-refractivity contribution in [2.45, 2.75) is 106 Å². The summed E-state index contributed by atoms with van der Waals surface area (Å²) in [6.45, 7) is 15.3. The Labute approximate surface area is 248 Å². The molecule has 0 bridgehead atoms. The van der Waals surface area contributed by atoms with E-state index in [0.29, 0.717) is 25.3 Å². The quantitative estimate of drug-likeness (QED) is 0.193. The van der Waals surface area contributed by atoms with Crippen LogP contribution in [0.4, 0.5) is 4.79 Å². The van der Waals surface area contributed by atoms with Gasteiger partial charge in [-0.25, -0.2) is 4.79 Å². The van der Waals surface area contributed by atoms with E-state index < -0.39 is 6.04 Å². The molecule has 2 amide bonds. The van der Waals surface area contributed by atoms with Crippen molar-refractivity contribution in [1.29, 1.82) is 0 Å². The maximum atomic E-state index is 13.1. The summed E-state index contributed by atoms with van der Waals surface area (Å²) in [5.41, 5.74) is 4.12. The van der Waals surface area contributed by atoms with Crippen LogP contribution in [0.3, 0.4) is 0 Å². The Balaban J connectivity index is 1.67. The lowest BCUT2D eigenvalue weighted by Crippen LogP contribution is -2.32. The molecule has 2 atom stereocenters. The van der Waals surface area contributed by atoms with Crippen molar-refractivity contribution in [3.63, 3.8) is 0 Å². The number of hydrogen-bond donors (Lipinski definition) is 2. The van der Waals surface area contributed by atoms with E-state index in [1.165, 1.54) is 10.4 Å². The summed E-state index contributed by atoms with van der Waals surface area (Å²) in [4.78, 5) is 31.7. The first-order valence-corrected chi connectivity index (χ1v) is 15.7. The second-order valence-corrected chi connectivity index (χ2v) is 11.6. The monoisotopic (exact) mass is 582 g/mol. The fourth-order valence-corrected chi connectivity index (χ4v) is 6.19. The van der Waals surface area contributed by atoms with Crippen molar-refractivity contribution in [2.75, 3.05) is 13.1 Å². The Morgan fingerprint density at radius 3 is 2.49 bits per heavy atom. The van der Waals surface area contributed by atoms with Crippen LogP contribution in [0, 0.1) is 20.8 Å². The van der Waals surface area contributed by atoms with Gasteiger partial charge >= 0.3 is 6.09 Å². The maximum Gasteiger partial charge on any atom is 0.407 e. The SMILES string of the molecule is C/C=C\C(=C/C)C1=N[C@H](CC(=O)NCCCNC(=O)OC(CCC)CCCC)c2nnc(C)n2-c2sc(C)c(C)c21. The first kappa shape index (κ1) is 32.2. The third-order valence-electron chi connectivity index (χ3n) is 7.26. The zero-order valence-electron chi connectivity index (χ0n) is 25.7. The number of aliphatic imine (C=N–C) groups is 1. The molecule has 3 heterocycles. The number of fused-ring (bicyclic) bond motifs is 3. The molecule has 2 aromatic heterocycles. The highest BCUT2D eigenvalue weighted by molar-refractivity contribution is 7.15. The number of carbonyl (C=O) groups is 2. The van der Waals surface area contributed by atoms with Gasteiger partial charge in [0, 0.05) is 23.5 Å². The van der Waals surface area contributed by atoms with E-state index in [4.69, 9.17) is 9.73 Å². The van der Waals surface area contributed by atoms with Crippen LogP contribution in [-0.2, 0) is 9.53 Å². The van der Waals surface area contributed by atoms with Crippen LogP contribution in [0.2, 0.25) is 0 Å². The van der Waals surface area contributed by atoms with E-state index in [-0.39, 0.29) is 24.5 Å². The number of carbonyl (C=O) groups excluding carboxylic acids is 2. The van der Waals surface area contributed by atoms with Gasteiger partial charge in [0.25, 0.3) is 0 Å². The Morgan fingerprint density at radius 2 is 1.80 bits per heavy atom. The number of aromatic nitrogens is 3. The van der Waals surface area contributed by atoms with Gasteiger partial charge < -0.3 is 15.4 Å². The number of amides is 2. The van der Waals surface area contributed by atoms with Gasteiger partial charge in [0.15, 0.2) is 5.82 Å². The number of unbranched alkanes of at least 4 members (excludes halogenated alkanes) is 1. The normalized spacial score (nSPS) is 15.6. The highest BCUT2D eigenvalue weighted by atomic mass is 32.1. The van der Waals surface area contributed by atoms with Gasteiger partial charge in [0.2, 0.25) is 5.91 Å². The van der Waals surface area contributed by atoms with Crippen molar-refractivity contribution in [3.8, 4) is 5.00 Å². The van der Waals surface area contributed by atoms with Crippen molar-refractivity contribution in [2.24, 2.45) is 4.99 Å². The highest BCUT2D eigenvalue weighted by Gasteiger charge is 2.32. The zero-order chi connectivity index (χ0) is 29.9. The molecule has 0 spiro atoms. The number of rotatable bonds is 14. The Kier molecular flexibility index (Phi) is 12.3. The molecule has 2 N–H and O–H groups in total. The van der Waals surface area contributed by atoms with Crippen LogP contribution >= 0.6 is 11.3 Å². The van der Waals surface area contributed by atoms with E-state index in [2.05, 4.69) is 65.2 Å². The molecule has 2 aromatic rings. The van der Waals surface area contributed by atoms with Crippen LogP contribution < -0.4 is 10.6 Å². The molecule has 0 radical (unpaired) electrons. The minimum absolute atomic E-state index is 0.0382. The number of allylic oxidation sites excluding steroid dienone is 4. The summed E-state index contributed by atoms with van der Waals surface area (Å²) in [7, 11) is 0. The summed E-state index contributed by atoms with van der Waals surface area (Å²) in [6.07, 6.45) is 11.3. The Hall–Kier alpha value is -3.27. The van der Waals surface area contributed by atoms with Crippen molar-refractivity contribution >= 4 is 29.0 Å². The number of aryl methyl sites for hydroxylation is 2. The summed E-state index contributed by atoms with van der Waals surface area (Å²) >= 11 is 1.70. The Morgan fingerprint density at radius 1 is 1.05 bits per heavy atom. The van der Waals surface area contributed by atoms with E-state index >= 15 is 0 Å². The molecule has 10 heteroatoms. The van der Waals surface area contributed by atoms with Gasteiger partial charge in [-0.05, 0) is 65.0 Å². The van der Waals surface area contributed by atoms with Crippen LogP contribution in [0.5, 0.6) is 0 Å². The van der Waals surface area contributed by atoms with Gasteiger partial charge in [-0.3, -0.25) is 14.4 Å². The van der Waals surface area contributed by atoms with Crippen molar-refractivity contribution in [3.05, 3.63) is 51.5 Å². The second kappa shape index (κ2) is 15.7. The van der Waals surface area contributed by atoms with E-state index in [0.717, 1.165) is 59.8 Å². The highest BCUT2D eigenvalue weighted by Crippen LogP contribution is 2.39. The molecular formula is C31H46N6O3S. The standard InChI is InChI=1S/C31H46N6O3S/c1-8-12-16-24(15-10-3)40-31(39)33-18-13-17-32-26(38)19-25-29-36-35-22(7)37(29)30-27(20(5)21(6)41-30)28(34-25)23(11-4)14-9-2/h9,11,14,24-25H,8,10,12-13,15-19H2,1-7H3,(H,32,38)(H,33,39)/b14-9-,23-11+/t24?,25-/m1/s1. The average molecular weight is 583 g/mol. The second-order valence-electron chi connectivity index (χ2n) is 10.4. The van der Waals surface area contributed by atoms with Gasteiger partial charge in [-0.15, -0.1) is 21.5 Å². The largest absolute Gasteiger partial charge is 0.446 e. The summed E-state index contributed by atoms with van der Waals surface area (Å²) in [6, 6.07) is -0.488. The predicted molar refractivity (Wildman–Crippen MR) is 166 cm³/mol. The zero-order valence-corrected chi connectivity index (χ0v) is 26.5. The van der Waals surface area contributed by atoms with Crippen LogP contribution in [0.25, 0.3) is 5.00 Å². The average Bonchev–Trinajstić information content (AvgIpc) is 3.42. The molecule has 1 aliphatic rings. The molecule has 0 aromatic carbocycles. The smallest absolute Gasteiger partial charge is 0.407 e. The number of hydrogen-bond acceptors (Lipinski definition) is 7. The first-order valence-electron chi connectivity index (χ1n) is 14.9. The fraction of sp³-hybridized carbons (Fsp3) is 0.581. The first-order chi connectivity index (χ1) is 19.7. The van der Waals surface area contributed by atoms with Crippen molar-refractivity contribution in [1.82, 2.24) is 25.4 Å². The fourth-order valence-electron chi connectivity index (χ4n) is 4.98. The van der Waals surface area contributed by atoms with Gasteiger partial charge in [-0.1, -0.05) is 51.3 Å². The van der Waals surface area contributed by atoms with Gasteiger partial charge in [0.1, 0.15) is 23.0 Å². The van der Waals surface area contributed by atoms with Crippen LogP contribution in [0.15, 0.2) is 28.8 Å². The summed E-state index contributed by atoms with van der Waals surface area (Å²) in [5, 5.41) is 15.7. The van der Waals surface area contributed by atoms with Gasteiger partial charge in [-0.2, -0.15) is 0 Å². The molecular weight excluding hydrogens is 536 g/mol. The minimum atomic E-state index is -0.488. The molecule has 224 valence electrons. The van der Waals surface area contributed by atoms with Crippen LogP contribution in [-0.4, -0.2) is 51.7 Å². The van der Waals surface area contributed by atoms with E-state index in [9.17, 15) is 9.59 Å². The molecule has 3 rings (SSSR count). The topological polar surface area (TPSA) is 110 Å². The third-order valence-corrected chi connectivity index (χ3v) is 8.45. The van der Waals surface area contributed by atoms with Gasteiger partial charge in [0.05, 0.1) is 12.1 Å². The number of alkyl carbamates (subject to hydrolysis) is 1. The lowest BCUT2D eigenvalue weighted by molar-refractivity contribution is -0.121. The van der Waals surface area contributed by atoms with E-state index in [1.54, 1.807) is 11.3 Å². The summed E-state index contributed by atoms with van der Waals surface area (Å²) < 4.78 is 7.64. The lowest BCUT2D eigenvalue weighted by atomic mass is 9.99. The molecule has 41 heavy (non-hydrogen) atoms. The lowest BCUT2D eigenvalue weighted by Gasteiger charge is -2.17. The molecule has 0 saturated heterocycles. The Bertz CT molecular complexity index is 1290. The summed E-state index contributed by atoms with van der Waals surface area (Å²) in [5.74, 6) is 1.31. The molecule has 1 unspecified atom stereocenters. The molecule has 1 aliphatic heterocycles. The number of ether oxygens (including phenoxy) is 1.